The predicted molar refractivity (Wildman–Crippen MR) is 74.9 cm³/mol. The van der Waals surface area contributed by atoms with E-state index in [1.165, 1.54) is 7.11 Å². The molecule has 1 saturated heterocycles. The number of hydrogen-bond acceptors (Lipinski definition) is 5. The van der Waals surface area contributed by atoms with Crippen molar-refractivity contribution in [1.82, 2.24) is 4.90 Å². The lowest BCUT2D eigenvalue weighted by atomic mass is 9.96. The van der Waals surface area contributed by atoms with Crippen LogP contribution in [0, 0.1) is 0 Å². The Kier molecular flexibility index (Phi) is 6.75. The van der Waals surface area contributed by atoms with Gasteiger partial charge < -0.3 is 20.1 Å². The molecule has 0 aliphatic carbocycles. The second-order valence-corrected chi connectivity index (χ2v) is 5.64. The van der Waals surface area contributed by atoms with Crippen LogP contribution in [0.4, 0.5) is 0 Å². The second kappa shape index (κ2) is 7.82. The van der Waals surface area contributed by atoms with Crippen LogP contribution in [0.15, 0.2) is 0 Å². The molecule has 112 valence electrons. The molecular formula is C14H28N2O3. The molecule has 1 rings (SSSR count). The van der Waals surface area contributed by atoms with Crippen molar-refractivity contribution < 1.29 is 14.3 Å². The van der Waals surface area contributed by atoms with Crippen molar-refractivity contribution in [3.63, 3.8) is 0 Å². The van der Waals surface area contributed by atoms with E-state index < -0.39 is 5.54 Å². The van der Waals surface area contributed by atoms with Gasteiger partial charge in [-0.2, -0.15) is 0 Å². The molecule has 0 spiro atoms. The zero-order valence-electron chi connectivity index (χ0n) is 12.5. The third-order valence-electron chi connectivity index (χ3n) is 3.94. The average Bonchev–Trinajstić information content (AvgIpc) is 2.43. The highest BCUT2D eigenvalue weighted by Crippen LogP contribution is 2.16. The molecule has 2 N–H and O–H groups in total. The number of ether oxygens (including phenoxy) is 2. The van der Waals surface area contributed by atoms with Crippen LogP contribution >= 0.6 is 0 Å². The zero-order chi connectivity index (χ0) is 14.3. The van der Waals surface area contributed by atoms with E-state index in [9.17, 15) is 4.79 Å². The number of methoxy groups -OCH3 is 2. The smallest absolute Gasteiger partial charge is 0.325 e. The van der Waals surface area contributed by atoms with Crippen LogP contribution in [0.1, 0.15) is 39.0 Å². The predicted octanol–water partition coefficient (Wildman–Crippen LogP) is 1.16. The van der Waals surface area contributed by atoms with E-state index in [2.05, 4.69) is 4.90 Å². The van der Waals surface area contributed by atoms with Crippen molar-refractivity contribution in [1.29, 1.82) is 0 Å². The topological polar surface area (TPSA) is 64.8 Å². The molecule has 1 heterocycles. The summed E-state index contributed by atoms with van der Waals surface area (Å²) in [6, 6.07) is 0. The first-order valence-electron chi connectivity index (χ1n) is 7.12. The molecule has 1 aliphatic heterocycles. The Bertz CT molecular complexity index is 274. The van der Waals surface area contributed by atoms with Gasteiger partial charge in [0.05, 0.1) is 13.2 Å². The minimum absolute atomic E-state index is 0.326. The van der Waals surface area contributed by atoms with E-state index in [0.29, 0.717) is 12.5 Å². The van der Waals surface area contributed by atoms with Gasteiger partial charge in [0.15, 0.2) is 0 Å². The number of rotatable bonds is 7. The third-order valence-corrected chi connectivity index (χ3v) is 3.94. The number of esters is 1. The first-order chi connectivity index (χ1) is 8.99. The first-order valence-corrected chi connectivity index (χ1v) is 7.12. The van der Waals surface area contributed by atoms with Crippen LogP contribution in [0.25, 0.3) is 0 Å². The lowest BCUT2D eigenvalue weighted by molar-refractivity contribution is -0.146. The average molecular weight is 272 g/mol. The minimum Gasteiger partial charge on any atom is -0.468 e. The summed E-state index contributed by atoms with van der Waals surface area (Å²) in [5, 5.41) is 0. The summed E-state index contributed by atoms with van der Waals surface area (Å²) < 4.78 is 10.1. The summed E-state index contributed by atoms with van der Waals surface area (Å²) in [4.78, 5) is 13.9. The van der Waals surface area contributed by atoms with E-state index in [1.54, 1.807) is 14.0 Å². The molecule has 0 radical (unpaired) electrons. The number of hydrogen-bond donors (Lipinski definition) is 1. The van der Waals surface area contributed by atoms with Gasteiger partial charge in [0.2, 0.25) is 0 Å². The van der Waals surface area contributed by atoms with E-state index >= 15 is 0 Å². The monoisotopic (exact) mass is 272 g/mol. The molecule has 1 aliphatic rings. The van der Waals surface area contributed by atoms with Crippen LogP contribution in [-0.4, -0.2) is 56.4 Å². The highest BCUT2D eigenvalue weighted by Gasteiger charge is 2.28. The molecule has 0 aromatic rings. The molecule has 5 heteroatoms. The summed E-state index contributed by atoms with van der Waals surface area (Å²) in [6.45, 7) is 5.03. The number of likely N-dealkylation sites (tertiary alicyclic amines) is 1. The van der Waals surface area contributed by atoms with Crippen LogP contribution in [-0.2, 0) is 14.3 Å². The van der Waals surface area contributed by atoms with Crippen molar-refractivity contribution in [3.8, 4) is 0 Å². The van der Waals surface area contributed by atoms with Gasteiger partial charge in [-0.05, 0) is 45.6 Å². The number of nitrogens with two attached hydrogens (primary N) is 1. The second-order valence-electron chi connectivity index (χ2n) is 5.64. The van der Waals surface area contributed by atoms with Crippen molar-refractivity contribution >= 4 is 5.97 Å². The standard InChI is InChI=1S/C14H28N2O3/c1-14(15,13(17)19-3)8-4-5-9-16-10-6-12(18-2)7-11-16/h12H,4-11,15H2,1-3H3. The molecule has 19 heavy (non-hydrogen) atoms. The van der Waals surface area contributed by atoms with Gasteiger partial charge in [0.25, 0.3) is 0 Å². The van der Waals surface area contributed by atoms with E-state index in [-0.39, 0.29) is 5.97 Å². The SMILES string of the molecule is COC(=O)C(C)(N)CCCCN1CCC(OC)CC1. The van der Waals surface area contributed by atoms with E-state index in [4.69, 9.17) is 15.2 Å². The van der Waals surface area contributed by atoms with Crippen LogP contribution in [0.5, 0.6) is 0 Å². The molecule has 1 fully saturated rings. The highest BCUT2D eigenvalue weighted by molar-refractivity contribution is 5.79. The van der Waals surface area contributed by atoms with Crippen molar-refractivity contribution in [3.05, 3.63) is 0 Å². The first kappa shape index (κ1) is 16.4. The van der Waals surface area contributed by atoms with Gasteiger partial charge in [0, 0.05) is 20.2 Å². The van der Waals surface area contributed by atoms with Gasteiger partial charge in [-0.3, -0.25) is 4.79 Å². The largest absolute Gasteiger partial charge is 0.468 e. The summed E-state index contributed by atoms with van der Waals surface area (Å²) in [5.41, 5.74) is 5.07. The minimum atomic E-state index is -0.849. The summed E-state index contributed by atoms with van der Waals surface area (Å²) in [6.07, 6.45) is 5.37. The number of carbonyl (C=O) groups is 1. The lowest BCUT2D eigenvalue weighted by Crippen LogP contribution is -2.45. The van der Waals surface area contributed by atoms with Gasteiger partial charge in [-0.1, -0.05) is 0 Å². The molecule has 0 aromatic carbocycles. The van der Waals surface area contributed by atoms with Gasteiger partial charge in [-0.15, -0.1) is 0 Å². The highest BCUT2D eigenvalue weighted by atomic mass is 16.5. The molecule has 0 aromatic heterocycles. The van der Waals surface area contributed by atoms with Crippen molar-refractivity contribution in [2.75, 3.05) is 33.9 Å². The van der Waals surface area contributed by atoms with Crippen LogP contribution in [0.3, 0.4) is 0 Å². The quantitative estimate of drug-likeness (QED) is 0.556. The van der Waals surface area contributed by atoms with Gasteiger partial charge in [-0.25, -0.2) is 0 Å². The Hall–Kier alpha value is -0.650. The molecule has 5 nitrogen and oxygen atoms in total. The molecule has 1 unspecified atom stereocenters. The summed E-state index contributed by atoms with van der Waals surface area (Å²) in [5.74, 6) is -0.326. The van der Waals surface area contributed by atoms with E-state index in [1.807, 2.05) is 0 Å². The van der Waals surface area contributed by atoms with Crippen molar-refractivity contribution in [2.24, 2.45) is 5.73 Å². The van der Waals surface area contributed by atoms with Crippen molar-refractivity contribution in [2.45, 2.75) is 50.7 Å². The normalized spacial score (nSPS) is 21.1. The zero-order valence-corrected chi connectivity index (χ0v) is 12.5. The number of nitrogens with zero attached hydrogens (tertiary/aromatic N) is 1. The third kappa shape index (κ3) is 5.47. The fourth-order valence-corrected chi connectivity index (χ4v) is 2.53. The fraction of sp³-hybridized carbons (Fsp3) is 0.929. The summed E-state index contributed by atoms with van der Waals surface area (Å²) >= 11 is 0. The Labute approximate surface area is 116 Å². The fourth-order valence-electron chi connectivity index (χ4n) is 2.53. The van der Waals surface area contributed by atoms with Gasteiger partial charge in [0.1, 0.15) is 5.54 Å². The maximum atomic E-state index is 11.4. The number of carbonyl (C=O) groups excluding carboxylic acids is 1. The molecular weight excluding hydrogens is 244 g/mol. The number of unbranched alkanes of at least 4 members (excludes halogenated alkanes) is 1. The van der Waals surface area contributed by atoms with Crippen LogP contribution < -0.4 is 5.73 Å². The lowest BCUT2D eigenvalue weighted by Gasteiger charge is -2.31. The summed E-state index contributed by atoms with van der Waals surface area (Å²) in [7, 11) is 3.17. The van der Waals surface area contributed by atoms with Crippen LogP contribution in [0.2, 0.25) is 0 Å². The maximum Gasteiger partial charge on any atom is 0.325 e. The Morgan fingerprint density at radius 1 is 1.32 bits per heavy atom. The van der Waals surface area contributed by atoms with E-state index in [0.717, 1.165) is 45.3 Å². The Morgan fingerprint density at radius 2 is 1.95 bits per heavy atom. The molecule has 1 atom stereocenters. The molecule has 0 saturated carbocycles. The Balaban J connectivity index is 2.13. The number of piperidine rings is 1. The molecule has 0 bridgehead atoms. The maximum absolute atomic E-state index is 11.4. The Morgan fingerprint density at radius 3 is 2.47 bits per heavy atom. The molecule has 0 amide bonds. The van der Waals surface area contributed by atoms with Gasteiger partial charge >= 0.3 is 5.97 Å².